The number of nitrogens with two attached hydrogens (primary N) is 1. The molecule has 0 fully saturated rings. The Balaban J connectivity index is 1.28. The third kappa shape index (κ3) is 5.11. The molecule has 5 rings (SSSR count). The van der Waals surface area contributed by atoms with Gasteiger partial charge in [0.05, 0.1) is 11.8 Å². The number of nitrogens with zero attached hydrogens (tertiary/aromatic N) is 4. The second kappa shape index (κ2) is 9.97. The Bertz CT molecular complexity index is 1230. The predicted octanol–water partition coefficient (Wildman–Crippen LogP) is 1.08. The number of hydrogen-bond donors (Lipinski definition) is 3. The van der Waals surface area contributed by atoms with Crippen molar-refractivity contribution >= 4 is 11.8 Å². The number of nitrogens with one attached hydrogen (secondary N) is 1. The lowest BCUT2D eigenvalue weighted by Gasteiger charge is -2.31. The average molecular weight is 475 g/mol. The second-order valence-corrected chi connectivity index (χ2v) is 9.35. The van der Waals surface area contributed by atoms with Crippen LogP contribution in [0.15, 0.2) is 48.8 Å². The van der Waals surface area contributed by atoms with Crippen LogP contribution in [0.5, 0.6) is 0 Å². The summed E-state index contributed by atoms with van der Waals surface area (Å²) in [5.41, 5.74) is 9.70. The van der Waals surface area contributed by atoms with E-state index >= 15 is 0 Å². The SMILES string of the molecule is NC(=O)c1nc2n(c1C[C@H](O)CN1CCc3ccccc3C1)CC(NC(=O)c1ccncc1)CC2. The van der Waals surface area contributed by atoms with Crippen LogP contribution in [-0.4, -0.2) is 61.6 Å². The molecule has 2 atom stereocenters. The van der Waals surface area contributed by atoms with Crippen LogP contribution in [0.4, 0.5) is 0 Å². The summed E-state index contributed by atoms with van der Waals surface area (Å²) in [4.78, 5) is 35.5. The van der Waals surface area contributed by atoms with Gasteiger partial charge in [-0.3, -0.25) is 19.5 Å². The van der Waals surface area contributed by atoms with E-state index in [1.807, 2.05) is 10.6 Å². The molecular formula is C26H30N6O3. The maximum Gasteiger partial charge on any atom is 0.269 e. The lowest BCUT2D eigenvalue weighted by Crippen LogP contribution is -2.42. The van der Waals surface area contributed by atoms with Crippen molar-refractivity contribution in [2.24, 2.45) is 5.73 Å². The van der Waals surface area contributed by atoms with E-state index in [-0.39, 0.29) is 24.1 Å². The number of aliphatic hydroxyl groups is 1. The summed E-state index contributed by atoms with van der Waals surface area (Å²) >= 11 is 0. The number of imidazole rings is 1. The number of rotatable bonds is 7. The smallest absolute Gasteiger partial charge is 0.269 e. The topological polar surface area (TPSA) is 126 Å². The van der Waals surface area contributed by atoms with Crippen molar-refractivity contribution in [3.8, 4) is 0 Å². The molecule has 182 valence electrons. The predicted molar refractivity (Wildman–Crippen MR) is 130 cm³/mol. The van der Waals surface area contributed by atoms with Crippen LogP contribution in [0.2, 0.25) is 0 Å². The summed E-state index contributed by atoms with van der Waals surface area (Å²) in [6.45, 7) is 2.65. The Morgan fingerprint density at radius 1 is 1.14 bits per heavy atom. The highest BCUT2D eigenvalue weighted by molar-refractivity contribution is 5.94. The number of aromatic nitrogens is 3. The van der Waals surface area contributed by atoms with Crippen molar-refractivity contribution in [3.05, 3.63) is 82.7 Å². The fourth-order valence-electron chi connectivity index (χ4n) is 5.15. The molecule has 4 N–H and O–H groups in total. The zero-order valence-electron chi connectivity index (χ0n) is 19.6. The van der Waals surface area contributed by atoms with E-state index in [0.717, 1.165) is 25.3 Å². The van der Waals surface area contributed by atoms with Crippen LogP contribution >= 0.6 is 0 Å². The lowest BCUT2D eigenvalue weighted by molar-refractivity contribution is 0.0920. The van der Waals surface area contributed by atoms with Gasteiger partial charge in [0, 0.05) is 63.0 Å². The zero-order valence-corrected chi connectivity index (χ0v) is 19.6. The first-order valence-electron chi connectivity index (χ1n) is 12.0. The Kier molecular flexibility index (Phi) is 6.61. The molecular weight excluding hydrogens is 444 g/mol. The highest BCUT2D eigenvalue weighted by Crippen LogP contribution is 2.23. The fraction of sp³-hybridized carbons (Fsp3) is 0.385. The maximum atomic E-state index is 12.6. The van der Waals surface area contributed by atoms with E-state index in [1.54, 1.807) is 24.5 Å². The summed E-state index contributed by atoms with van der Waals surface area (Å²) in [5, 5.41) is 14.0. The van der Waals surface area contributed by atoms with Crippen LogP contribution in [-0.2, 0) is 32.4 Å². The number of carbonyl (C=O) groups excluding carboxylic acids is 2. The number of primary amides is 1. The van der Waals surface area contributed by atoms with Crippen molar-refractivity contribution in [2.45, 2.75) is 50.9 Å². The Morgan fingerprint density at radius 2 is 1.91 bits per heavy atom. The molecule has 9 nitrogen and oxygen atoms in total. The monoisotopic (exact) mass is 474 g/mol. The molecule has 0 bridgehead atoms. The first-order chi connectivity index (χ1) is 17.0. The quantitative estimate of drug-likeness (QED) is 0.471. The number of carbonyl (C=O) groups is 2. The summed E-state index contributed by atoms with van der Waals surface area (Å²) < 4.78 is 1.95. The summed E-state index contributed by atoms with van der Waals surface area (Å²) in [7, 11) is 0. The molecule has 4 heterocycles. The van der Waals surface area contributed by atoms with Crippen molar-refractivity contribution in [3.63, 3.8) is 0 Å². The van der Waals surface area contributed by atoms with Crippen LogP contribution in [0, 0.1) is 0 Å². The van der Waals surface area contributed by atoms with Gasteiger partial charge in [0.15, 0.2) is 0 Å². The summed E-state index contributed by atoms with van der Waals surface area (Å²) in [6.07, 6.45) is 5.05. The highest BCUT2D eigenvalue weighted by Gasteiger charge is 2.29. The molecule has 1 unspecified atom stereocenters. The molecule has 35 heavy (non-hydrogen) atoms. The number of pyridine rings is 1. The normalized spacial score (nSPS) is 18.4. The maximum absolute atomic E-state index is 12.6. The standard InChI is InChI=1S/C26H30N6O3/c27-25(34)24-22(13-21(33)16-31-12-9-17-3-1-2-4-19(17)14-31)32-15-20(5-6-23(32)30-24)29-26(35)18-7-10-28-11-8-18/h1-4,7-8,10-11,20-21,33H,5-6,9,12-16H2,(H2,27,34)(H,29,35)/t20?,21-/m0/s1. The second-order valence-electron chi connectivity index (χ2n) is 9.35. The van der Waals surface area contributed by atoms with Crippen molar-refractivity contribution in [2.75, 3.05) is 13.1 Å². The molecule has 2 aliphatic rings. The summed E-state index contributed by atoms with van der Waals surface area (Å²) in [6, 6.07) is 11.6. The van der Waals surface area contributed by atoms with E-state index < -0.39 is 12.0 Å². The van der Waals surface area contributed by atoms with Gasteiger partial charge < -0.3 is 20.7 Å². The van der Waals surface area contributed by atoms with Gasteiger partial charge in [-0.05, 0) is 36.1 Å². The molecule has 1 aromatic carbocycles. The van der Waals surface area contributed by atoms with E-state index in [9.17, 15) is 14.7 Å². The highest BCUT2D eigenvalue weighted by atomic mass is 16.3. The molecule has 2 amide bonds. The largest absolute Gasteiger partial charge is 0.391 e. The molecule has 0 aliphatic carbocycles. The van der Waals surface area contributed by atoms with E-state index in [4.69, 9.17) is 5.73 Å². The third-order valence-corrected chi connectivity index (χ3v) is 6.89. The Labute approximate surface area is 204 Å². The lowest BCUT2D eigenvalue weighted by atomic mass is 9.99. The first kappa shape index (κ1) is 23.2. The fourth-order valence-corrected chi connectivity index (χ4v) is 5.15. The van der Waals surface area contributed by atoms with Crippen LogP contribution in [0.1, 0.15) is 49.9 Å². The van der Waals surface area contributed by atoms with Gasteiger partial charge in [-0.1, -0.05) is 24.3 Å². The molecule has 2 aliphatic heterocycles. The van der Waals surface area contributed by atoms with Crippen LogP contribution in [0.3, 0.4) is 0 Å². The molecule has 0 spiro atoms. The number of aryl methyl sites for hydroxylation is 1. The van der Waals surface area contributed by atoms with Crippen molar-refractivity contribution in [1.82, 2.24) is 24.8 Å². The molecule has 3 aromatic rings. The number of fused-ring (bicyclic) bond motifs is 2. The number of hydrogen-bond acceptors (Lipinski definition) is 6. The van der Waals surface area contributed by atoms with Gasteiger partial charge in [-0.15, -0.1) is 0 Å². The minimum atomic E-state index is -0.675. The van der Waals surface area contributed by atoms with Gasteiger partial charge >= 0.3 is 0 Å². The van der Waals surface area contributed by atoms with Gasteiger partial charge in [-0.25, -0.2) is 4.98 Å². The zero-order chi connectivity index (χ0) is 24.4. The molecule has 2 aromatic heterocycles. The van der Waals surface area contributed by atoms with Gasteiger partial charge in [0.25, 0.3) is 11.8 Å². The molecule has 0 saturated heterocycles. The molecule has 0 saturated carbocycles. The number of β-amino-alcohol motifs (C(OH)–C–C–N with tert-alkyl or cyclic N) is 1. The number of benzene rings is 1. The average Bonchev–Trinajstić information content (AvgIpc) is 3.22. The third-order valence-electron chi connectivity index (χ3n) is 6.89. The van der Waals surface area contributed by atoms with Gasteiger partial charge in [0.2, 0.25) is 0 Å². The van der Waals surface area contributed by atoms with E-state index in [1.165, 1.54) is 11.1 Å². The minimum absolute atomic E-state index is 0.118. The van der Waals surface area contributed by atoms with E-state index in [0.29, 0.717) is 37.2 Å². The number of amides is 2. The van der Waals surface area contributed by atoms with Crippen LogP contribution < -0.4 is 11.1 Å². The van der Waals surface area contributed by atoms with E-state index in [2.05, 4.69) is 38.4 Å². The Morgan fingerprint density at radius 3 is 2.69 bits per heavy atom. The molecule has 9 heteroatoms. The molecule has 0 radical (unpaired) electrons. The Hall–Kier alpha value is -3.56. The first-order valence-corrected chi connectivity index (χ1v) is 12.0. The van der Waals surface area contributed by atoms with Crippen molar-refractivity contribution < 1.29 is 14.7 Å². The van der Waals surface area contributed by atoms with Crippen molar-refractivity contribution in [1.29, 1.82) is 0 Å². The minimum Gasteiger partial charge on any atom is -0.391 e. The van der Waals surface area contributed by atoms with Crippen LogP contribution in [0.25, 0.3) is 0 Å². The number of aliphatic hydroxyl groups excluding tert-OH is 1. The summed E-state index contributed by atoms with van der Waals surface area (Å²) in [5.74, 6) is 0.00346. The van der Waals surface area contributed by atoms with Gasteiger partial charge in [-0.2, -0.15) is 0 Å². The van der Waals surface area contributed by atoms with Gasteiger partial charge in [0.1, 0.15) is 11.5 Å².